The lowest BCUT2D eigenvalue weighted by molar-refractivity contribution is -0.137. The Morgan fingerprint density at radius 1 is 1.06 bits per heavy atom. The molecule has 0 radical (unpaired) electrons. The van der Waals surface area contributed by atoms with Gasteiger partial charge in [0.25, 0.3) is 5.91 Å². The van der Waals surface area contributed by atoms with Crippen LogP contribution in [-0.4, -0.2) is 35.6 Å². The van der Waals surface area contributed by atoms with Crippen LogP contribution >= 0.6 is 0 Å². The summed E-state index contributed by atoms with van der Waals surface area (Å²) in [6.07, 6.45) is -4.07. The van der Waals surface area contributed by atoms with Gasteiger partial charge in [-0.1, -0.05) is 30.3 Å². The molecule has 1 aliphatic rings. The number of hydrogen-bond acceptors (Lipinski definition) is 4. The molecule has 3 aromatic rings. The van der Waals surface area contributed by atoms with E-state index in [1.54, 1.807) is 10.7 Å². The van der Waals surface area contributed by atoms with Crippen molar-refractivity contribution in [2.75, 3.05) is 16.8 Å². The van der Waals surface area contributed by atoms with Crippen molar-refractivity contribution in [1.82, 2.24) is 9.78 Å². The van der Waals surface area contributed by atoms with Crippen LogP contribution in [0.2, 0.25) is 0 Å². The fraction of sp³-hybridized carbons (Fsp3) is 0.238. The van der Waals surface area contributed by atoms with Crippen LogP contribution in [0.1, 0.15) is 28.5 Å². The second-order valence-corrected chi connectivity index (χ2v) is 9.54. The van der Waals surface area contributed by atoms with Crippen molar-refractivity contribution < 1.29 is 26.4 Å². The van der Waals surface area contributed by atoms with Gasteiger partial charge in [-0.3, -0.25) is 9.48 Å². The number of rotatable bonds is 4. The minimum atomic E-state index is -4.46. The predicted molar refractivity (Wildman–Crippen MR) is 109 cm³/mol. The third-order valence-corrected chi connectivity index (χ3v) is 6.81. The molecule has 1 saturated heterocycles. The summed E-state index contributed by atoms with van der Waals surface area (Å²) >= 11 is 0. The van der Waals surface area contributed by atoms with Gasteiger partial charge in [-0.2, -0.15) is 18.3 Å². The molecule has 1 atom stereocenters. The number of alkyl halides is 3. The molecule has 0 unspecified atom stereocenters. The first-order valence-corrected chi connectivity index (χ1v) is 11.3. The number of amides is 1. The standard InChI is InChI=1S/C21H18F3N3O3S/c22-21(23,24)15-6-8-16(9-7-15)25-20(28)18-12-19(14-4-2-1-3-5-14)27(26-18)17-10-11-31(29,30)13-17/h1-9,12,17H,10-11,13H2,(H,25,28)/t17-/m1/s1. The number of aromatic nitrogens is 2. The monoisotopic (exact) mass is 449 g/mol. The molecule has 6 nitrogen and oxygen atoms in total. The molecule has 0 spiro atoms. The zero-order chi connectivity index (χ0) is 22.2. The Balaban J connectivity index is 1.63. The van der Waals surface area contributed by atoms with Crippen LogP contribution in [-0.2, 0) is 16.0 Å². The molecule has 2 aromatic carbocycles. The lowest BCUT2D eigenvalue weighted by atomic mass is 10.1. The van der Waals surface area contributed by atoms with Gasteiger partial charge in [0.1, 0.15) is 0 Å². The molecule has 0 bridgehead atoms. The van der Waals surface area contributed by atoms with Crippen molar-refractivity contribution >= 4 is 21.4 Å². The van der Waals surface area contributed by atoms with E-state index in [9.17, 15) is 26.4 Å². The Bertz CT molecular complexity index is 1200. The summed E-state index contributed by atoms with van der Waals surface area (Å²) in [5, 5.41) is 6.88. The number of nitrogens with one attached hydrogen (secondary N) is 1. The third kappa shape index (κ3) is 4.63. The topological polar surface area (TPSA) is 81.1 Å². The number of carbonyl (C=O) groups is 1. The van der Waals surface area contributed by atoms with Crippen LogP contribution in [0.3, 0.4) is 0 Å². The number of halogens is 3. The molecule has 1 aliphatic heterocycles. The first-order valence-electron chi connectivity index (χ1n) is 9.46. The van der Waals surface area contributed by atoms with Crippen molar-refractivity contribution in [2.45, 2.75) is 18.6 Å². The molecule has 0 saturated carbocycles. The highest BCUT2D eigenvalue weighted by Gasteiger charge is 2.32. The highest BCUT2D eigenvalue weighted by Crippen LogP contribution is 2.31. The quantitative estimate of drug-likeness (QED) is 0.648. The van der Waals surface area contributed by atoms with Gasteiger partial charge < -0.3 is 5.32 Å². The van der Waals surface area contributed by atoms with Gasteiger partial charge in [0.2, 0.25) is 0 Å². The molecule has 31 heavy (non-hydrogen) atoms. The summed E-state index contributed by atoms with van der Waals surface area (Å²) in [7, 11) is -3.17. The van der Waals surface area contributed by atoms with Crippen LogP contribution in [0.15, 0.2) is 60.7 Å². The van der Waals surface area contributed by atoms with E-state index in [0.29, 0.717) is 12.1 Å². The van der Waals surface area contributed by atoms with Crippen LogP contribution in [0.5, 0.6) is 0 Å². The summed E-state index contributed by atoms with van der Waals surface area (Å²) in [5.41, 5.74) is 0.789. The molecule has 10 heteroatoms. The van der Waals surface area contributed by atoms with Gasteiger partial charge in [0, 0.05) is 5.69 Å². The normalized spacial score (nSPS) is 18.1. The zero-order valence-corrected chi connectivity index (χ0v) is 16.9. The Kier molecular flexibility index (Phi) is 5.34. The van der Waals surface area contributed by atoms with Crippen LogP contribution < -0.4 is 5.32 Å². The molecule has 4 rings (SSSR count). The number of anilines is 1. The van der Waals surface area contributed by atoms with Crippen LogP contribution in [0.4, 0.5) is 18.9 Å². The first-order chi connectivity index (χ1) is 14.6. The van der Waals surface area contributed by atoms with Crippen LogP contribution in [0, 0.1) is 0 Å². The largest absolute Gasteiger partial charge is 0.416 e. The number of sulfone groups is 1. The lowest BCUT2D eigenvalue weighted by Gasteiger charge is -2.13. The highest BCUT2D eigenvalue weighted by atomic mass is 32.2. The minimum absolute atomic E-state index is 0.0445. The van der Waals surface area contributed by atoms with Gasteiger partial charge in [0.15, 0.2) is 15.5 Å². The number of hydrogen-bond donors (Lipinski definition) is 1. The molecule has 162 valence electrons. The van der Waals surface area contributed by atoms with E-state index in [4.69, 9.17) is 0 Å². The van der Waals surface area contributed by atoms with E-state index >= 15 is 0 Å². The second kappa shape index (κ2) is 7.84. The molecule has 1 N–H and O–H groups in total. The average Bonchev–Trinajstić information content (AvgIpc) is 3.32. The highest BCUT2D eigenvalue weighted by molar-refractivity contribution is 7.91. The average molecular weight is 449 g/mol. The predicted octanol–water partition coefficient (Wildman–Crippen LogP) is 4.18. The van der Waals surface area contributed by atoms with Crippen molar-refractivity contribution in [1.29, 1.82) is 0 Å². The van der Waals surface area contributed by atoms with E-state index in [2.05, 4.69) is 10.4 Å². The van der Waals surface area contributed by atoms with Crippen molar-refractivity contribution in [3.8, 4) is 11.3 Å². The van der Waals surface area contributed by atoms with Gasteiger partial charge in [-0.05, 0) is 42.3 Å². The summed E-state index contributed by atoms with van der Waals surface area (Å²) in [4.78, 5) is 12.7. The van der Waals surface area contributed by atoms with Crippen molar-refractivity contribution in [3.63, 3.8) is 0 Å². The van der Waals surface area contributed by atoms with E-state index in [1.165, 1.54) is 12.1 Å². The summed E-state index contributed by atoms with van der Waals surface area (Å²) in [6, 6.07) is 14.4. The van der Waals surface area contributed by atoms with E-state index in [-0.39, 0.29) is 22.9 Å². The molecule has 2 heterocycles. The van der Waals surface area contributed by atoms with Gasteiger partial charge in [-0.25, -0.2) is 8.42 Å². The Morgan fingerprint density at radius 3 is 2.32 bits per heavy atom. The molecule has 1 fully saturated rings. The Hall–Kier alpha value is -3.14. The van der Waals surface area contributed by atoms with Crippen LogP contribution in [0.25, 0.3) is 11.3 Å². The zero-order valence-electron chi connectivity index (χ0n) is 16.1. The van der Waals surface area contributed by atoms with Gasteiger partial charge >= 0.3 is 6.18 Å². The smallest absolute Gasteiger partial charge is 0.321 e. The Morgan fingerprint density at radius 2 is 1.74 bits per heavy atom. The molecule has 1 aromatic heterocycles. The first kappa shape index (κ1) is 21.1. The third-order valence-electron chi connectivity index (χ3n) is 5.06. The van der Waals surface area contributed by atoms with Crippen molar-refractivity contribution in [3.05, 3.63) is 71.9 Å². The maximum atomic E-state index is 12.7. The lowest BCUT2D eigenvalue weighted by Crippen LogP contribution is -2.16. The summed E-state index contributed by atoms with van der Waals surface area (Å²) < 4.78 is 63.6. The summed E-state index contributed by atoms with van der Waals surface area (Å²) in [5.74, 6) is -0.607. The fourth-order valence-corrected chi connectivity index (χ4v) is 5.21. The number of benzene rings is 2. The second-order valence-electron chi connectivity index (χ2n) is 7.31. The van der Waals surface area contributed by atoms with Crippen molar-refractivity contribution in [2.24, 2.45) is 0 Å². The van der Waals surface area contributed by atoms with E-state index in [1.807, 2.05) is 30.3 Å². The fourth-order valence-electron chi connectivity index (χ4n) is 3.51. The Labute approximate surface area is 176 Å². The number of carbonyl (C=O) groups excluding carboxylic acids is 1. The number of nitrogens with zero attached hydrogens (tertiary/aromatic N) is 2. The summed E-state index contributed by atoms with van der Waals surface area (Å²) in [6.45, 7) is 0. The van der Waals surface area contributed by atoms with Gasteiger partial charge in [0.05, 0.1) is 28.8 Å². The molecule has 0 aliphatic carbocycles. The maximum absolute atomic E-state index is 12.7. The maximum Gasteiger partial charge on any atom is 0.416 e. The SMILES string of the molecule is O=C(Nc1ccc(C(F)(F)F)cc1)c1cc(-c2ccccc2)n([C@@H]2CCS(=O)(=O)C2)n1. The molecular weight excluding hydrogens is 431 g/mol. The minimum Gasteiger partial charge on any atom is -0.321 e. The van der Waals surface area contributed by atoms with E-state index < -0.39 is 33.5 Å². The molecular formula is C21H18F3N3O3S. The molecule has 1 amide bonds. The van der Waals surface area contributed by atoms with E-state index in [0.717, 1.165) is 17.7 Å². The van der Waals surface area contributed by atoms with Gasteiger partial charge in [-0.15, -0.1) is 0 Å².